The third-order valence-corrected chi connectivity index (χ3v) is 7.50. The monoisotopic (exact) mass is 531 g/mol. The number of aryl methyl sites for hydroxylation is 1. The molecule has 3 heterocycles. The van der Waals surface area contributed by atoms with Crippen molar-refractivity contribution in [3.63, 3.8) is 0 Å². The zero-order valence-electron chi connectivity index (χ0n) is 19.0. The van der Waals surface area contributed by atoms with E-state index in [2.05, 4.69) is 10.3 Å². The molecule has 0 unspecified atom stereocenters. The van der Waals surface area contributed by atoms with Crippen LogP contribution < -0.4 is 10.9 Å². The van der Waals surface area contributed by atoms with E-state index in [1.165, 1.54) is 4.57 Å². The maximum Gasteiger partial charge on any atom is 0.348 e. The summed E-state index contributed by atoms with van der Waals surface area (Å²) < 4.78 is 11.9. The fourth-order valence-corrected chi connectivity index (χ4v) is 5.46. The van der Waals surface area contributed by atoms with Crippen LogP contribution in [0.4, 0.5) is 0 Å². The van der Waals surface area contributed by atoms with E-state index in [0.717, 1.165) is 28.7 Å². The number of nitrogens with zero attached hydrogens (tertiary/aromatic N) is 2. The molecule has 1 aromatic carbocycles. The number of carbonyl (C=O) groups excluding carboxylic acids is 2. The summed E-state index contributed by atoms with van der Waals surface area (Å²) in [7, 11) is 0. The Morgan fingerprint density at radius 2 is 2.03 bits per heavy atom. The second kappa shape index (κ2) is 11.1. The molecular weight excluding hydrogens is 510 g/mol. The van der Waals surface area contributed by atoms with Crippen LogP contribution in [0.5, 0.6) is 0 Å². The number of ether oxygens (including phenoxy) is 1. The van der Waals surface area contributed by atoms with Gasteiger partial charge in [0.05, 0.1) is 37.1 Å². The molecule has 0 saturated heterocycles. The van der Waals surface area contributed by atoms with Crippen molar-refractivity contribution in [1.82, 2.24) is 14.9 Å². The first-order chi connectivity index (χ1) is 16.9. The molecule has 0 aliphatic rings. The van der Waals surface area contributed by atoms with Crippen LogP contribution in [0.15, 0.2) is 57.0 Å². The highest BCUT2D eigenvalue weighted by Gasteiger charge is 2.23. The van der Waals surface area contributed by atoms with Crippen molar-refractivity contribution in [2.24, 2.45) is 0 Å². The lowest BCUT2D eigenvalue weighted by Crippen LogP contribution is -2.27. The van der Waals surface area contributed by atoms with Gasteiger partial charge in [0.2, 0.25) is 5.91 Å². The lowest BCUT2D eigenvalue weighted by molar-refractivity contribution is -0.118. The standard InChI is InChI=1S/C24H22ClN3O5S2/c1-3-32-23(31)20-14(2)19-21(35-20)27-24(34-13-18(29)26-11-17-5-4-10-33-17)28(22(19)30)12-15-6-8-16(25)9-7-15/h4-10H,3,11-13H2,1-2H3,(H,26,29). The third-order valence-electron chi connectivity index (χ3n) is 5.10. The van der Waals surface area contributed by atoms with Crippen molar-refractivity contribution in [3.05, 3.63) is 79.8 Å². The number of halogens is 1. The minimum absolute atomic E-state index is 0.0500. The number of hydrogen-bond acceptors (Lipinski definition) is 8. The van der Waals surface area contributed by atoms with E-state index in [-0.39, 0.29) is 36.9 Å². The van der Waals surface area contributed by atoms with Gasteiger partial charge in [-0.3, -0.25) is 14.2 Å². The van der Waals surface area contributed by atoms with E-state index in [1.54, 1.807) is 44.4 Å². The van der Waals surface area contributed by atoms with E-state index in [4.69, 9.17) is 20.8 Å². The van der Waals surface area contributed by atoms with Crippen LogP contribution in [0.3, 0.4) is 0 Å². The van der Waals surface area contributed by atoms with Gasteiger partial charge in [0.1, 0.15) is 15.5 Å². The van der Waals surface area contributed by atoms with Gasteiger partial charge in [0.15, 0.2) is 5.16 Å². The van der Waals surface area contributed by atoms with Gasteiger partial charge in [-0.2, -0.15) is 0 Å². The predicted octanol–water partition coefficient (Wildman–Crippen LogP) is 4.65. The van der Waals surface area contributed by atoms with Crippen LogP contribution >= 0.6 is 34.7 Å². The Balaban J connectivity index is 1.67. The van der Waals surface area contributed by atoms with Crippen molar-refractivity contribution in [3.8, 4) is 0 Å². The molecule has 35 heavy (non-hydrogen) atoms. The van der Waals surface area contributed by atoms with Gasteiger partial charge < -0.3 is 14.5 Å². The fourth-order valence-electron chi connectivity index (χ4n) is 3.39. The van der Waals surface area contributed by atoms with Crippen molar-refractivity contribution < 1.29 is 18.7 Å². The number of nitrogens with one attached hydrogen (secondary N) is 1. The largest absolute Gasteiger partial charge is 0.467 e. The van der Waals surface area contributed by atoms with Gasteiger partial charge in [0, 0.05) is 5.02 Å². The van der Waals surface area contributed by atoms with E-state index in [9.17, 15) is 14.4 Å². The second-order valence-corrected chi connectivity index (χ2v) is 9.89. The van der Waals surface area contributed by atoms with E-state index >= 15 is 0 Å². The first-order valence-corrected chi connectivity index (χ1v) is 12.9. The van der Waals surface area contributed by atoms with Crippen LogP contribution in [0.2, 0.25) is 5.02 Å². The molecule has 0 atom stereocenters. The number of carbonyl (C=O) groups is 2. The molecular formula is C24H22ClN3O5S2. The third kappa shape index (κ3) is 5.77. The number of aromatic nitrogens is 2. The molecule has 1 amide bonds. The Morgan fingerprint density at radius 3 is 2.71 bits per heavy atom. The molecule has 11 heteroatoms. The molecule has 0 aliphatic heterocycles. The Hall–Kier alpha value is -3.08. The van der Waals surface area contributed by atoms with Crippen LogP contribution in [-0.4, -0.2) is 33.8 Å². The van der Waals surface area contributed by atoms with Crippen molar-refractivity contribution in [1.29, 1.82) is 0 Å². The quantitative estimate of drug-likeness (QED) is 0.190. The van der Waals surface area contributed by atoms with Gasteiger partial charge in [-0.15, -0.1) is 11.3 Å². The minimum Gasteiger partial charge on any atom is -0.467 e. The number of rotatable bonds is 9. The lowest BCUT2D eigenvalue weighted by Gasteiger charge is -2.12. The normalized spacial score (nSPS) is 11.1. The van der Waals surface area contributed by atoms with Crippen LogP contribution in [-0.2, 0) is 22.6 Å². The SMILES string of the molecule is CCOC(=O)c1sc2nc(SCC(=O)NCc3ccco3)n(Cc3ccc(Cl)cc3)c(=O)c2c1C. The maximum absolute atomic E-state index is 13.6. The molecule has 0 fully saturated rings. The second-order valence-electron chi connectivity index (χ2n) is 7.51. The van der Waals surface area contributed by atoms with Crippen molar-refractivity contribution >= 4 is 56.8 Å². The van der Waals surface area contributed by atoms with E-state index in [0.29, 0.717) is 36.6 Å². The van der Waals surface area contributed by atoms with Crippen molar-refractivity contribution in [2.45, 2.75) is 32.1 Å². The first kappa shape index (κ1) is 25.0. The highest BCUT2D eigenvalue weighted by molar-refractivity contribution is 7.99. The number of benzene rings is 1. The molecule has 0 spiro atoms. The lowest BCUT2D eigenvalue weighted by atomic mass is 10.2. The number of esters is 1. The van der Waals surface area contributed by atoms with Gasteiger partial charge >= 0.3 is 5.97 Å². The molecule has 0 saturated carbocycles. The molecule has 0 radical (unpaired) electrons. The van der Waals surface area contributed by atoms with E-state index in [1.807, 2.05) is 12.1 Å². The highest BCUT2D eigenvalue weighted by atomic mass is 35.5. The average Bonchev–Trinajstić information content (AvgIpc) is 3.47. The molecule has 4 rings (SSSR count). The zero-order valence-corrected chi connectivity index (χ0v) is 21.4. The summed E-state index contributed by atoms with van der Waals surface area (Å²) in [6.45, 7) is 4.18. The summed E-state index contributed by atoms with van der Waals surface area (Å²) in [6, 6.07) is 10.7. The highest BCUT2D eigenvalue weighted by Crippen LogP contribution is 2.30. The molecule has 0 bridgehead atoms. The molecule has 3 aromatic heterocycles. The Kier molecular flexibility index (Phi) is 7.94. The summed E-state index contributed by atoms with van der Waals surface area (Å²) in [5.41, 5.74) is 1.10. The number of furan rings is 1. The van der Waals surface area contributed by atoms with E-state index < -0.39 is 5.97 Å². The summed E-state index contributed by atoms with van der Waals surface area (Å²) in [6.07, 6.45) is 1.54. The number of hydrogen-bond donors (Lipinski definition) is 1. The van der Waals surface area contributed by atoms with Gasteiger partial charge in [-0.1, -0.05) is 35.5 Å². The molecule has 0 aliphatic carbocycles. The van der Waals surface area contributed by atoms with Gasteiger partial charge in [-0.25, -0.2) is 9.78 Å². The summed E-state index contributed by atoms with van der Waals surface area (Å²) in [4.78, 5) is 43.9. The van der Waals surface area contributed by atoms with Crippen LogP contribution in [0.1, 0.15) is 33.5 Å². The number of thioether (sulfide) groups is 1. The Labute approximate surface area is 214 Å². The number of fused-ring (bicyclic) bond motifs is 1. The van der Waals surface area contributed by atoms with Crippen LogP contribution in [0, 0.1) is 6.92 Å². The number of thiophene rings is 1. The van der Waals surface area contributed by atoms with Gasteiger partial charge in [0.25, 0.3) is 5.56 Å². The molecule has 182 valence electrons. The molecule has 4 aromatic rings. The average molecular weight is 532 g/mol. The molecule has 1 N–H and O–H groups in total. The topological polar surface area (TPSA) is 103 Å². The predicted molar refractivity (Wildman–Crippen MR) is 136 cm³/mol. The summed E-state index contributed by atoms with van der Waals surface area (Å²) in [5.74, 6) is -0.0198. The van der Waals surface area contributed by atoms with Crippen molar-refractivity contribution in [2.75, 3.05) is 12.4 Å². The fraction of sp³-hybridized carbons (Fsp3) is 0.250. The van der Waals surface area contributed by atoms with Gasteiger partial charge in [-0.05, 0) is 49.2 Å². The van der Waals surface area contributed by atoms with Crippen LogP contribution in [0.25, 0.3) is 10.2 Å². The maximum atomic E-state index is 13.6. The Bertz CT molecular complexity index is 1410. The first-order valence-electron chi connectivity index (χ1n) is 10.7. The summed E-state index contributed by atoms with van der Waals surface area (Å²) >= 11 is 8.28. The minimum atomic E-state index is -0.483. The summed E-state index contributed by atoms with van der Waals surface area (Å²) in [5, 5.41) is 4.12. The molecule has 8 nitrogen and oxygen atoms in total. The zero-order chi connectivity index (χ0) is 24.9. The number of amides is 1. The Morgan fingerprint density at radius 1 is 1.26 bits per heavy atom. The smallest absolute Gasteiger partial charge is 0.348 e.